The van der Waals surface area contributed by atoms with E-state index in [9.17, 15) is 18.7 Å². The molecule has 4 nitrogen and oxygen atoms in total. The average Bonchev–Trinajstić information content (AvgIpc) is 2.92. The van der Waals surface area contributed by atoms with E-state index in [1.807, 2.05) is 48.5 Å². The van der Waals surface area contributed by atoms with Crippen molar-refractivity contribution in [1.29, 1.82) is 0 Å². The number of ether oxygens (including phenoxy) is 1. The third kappa shape index (κ3) is 3.49. The molecule has 0 bridgehead atoms. The first-order valence-electron chi connectivity index (χ1n) is 7.99. The summed E-state index contributed by atoms with van der Waals surface area (Å²) in [6.45, 7) is 0.472. The van der Waals surface area contributed by atoms with Crippen molar-refractivity contribution in [2.75, 3.05) is 13.2 Å². The zero-order valence-corrected chi connectivity index (χ0v) is 13.7. The highest BCUT2D eigenvalue weighted by Crippen LogP contribution is 2.44. The summed E-state index contributed by atoms with van der Waals surface area (Å²) in [5.74, 6) is -0.103. The number of hydrogen-bond acceptors (Lipinski definition) is 3. The summed E-state index contributed by atoms with van der Waals surface area (Å²) in [5.41, 5.74) is 2.05. The first kappa shape index (κ1) is 17.4. The standard InChI is InChI=1S/C19H19F2NO3/c1-19(24,17(20)21)11-22-18(23)25-10-16-14-8-4-2-6-12(14)13-7-3-5-9-15(13)16/h2-9,16-17,24H,10-11H2,1H3,(H,22,23). The van der Waals surface area contributed by atoms with Gasteiger partial charge in [-0.2, -0.15) is 0 Å². The van der Waals surface area contributed by atoms with Crippen LogP contribution < -0.4 is 5.32 Å². The van der Waals surface area contributed by atoms with Crippen LogP contribution in [0.4, 0.5) is 13.6 Å². The molecule has 0 heterocycles. The smallest absolute Gasteiger partial charge is 0.407 e. The summed E-state index contributed by atoms with van der Waals surface area (Å²) in [6.07, 6.45) is -3.79. The predicted octanol–water partition coefficient (Wildman–Crippen LogP) is 3.54. The van der Waals surface area contributed by atoms with Crippen molar-refractivity contribution in [2.24, 2.45) is 0 Å². The van der Waals surface area contributed by atoms with Gasteiger partial charge in [-0.15, -0.1) is 0 Å². The lowest BCUT2D eigenvalue weighted by atomic mass is 9.98. The molecule has 25 heavy (non-hydrogen) atoms. The Hall–Kier alpha value is -2.47. The van der Waals surface area contributed by atoms with Gasteiger partial charge in [-0.1, -0.05) is 48.5 Å². The van der Waals surface area contributed by atoms with Gasteiger partial charge in [0.2, 0.25) is 0 Å². The molecule has 0 saturated heterocycles. The van der Waals surface area contributed by atoms with Crippen molar-refractivity contribution in [1.82, 2.24) is 5.32 Å². The summed E-state index contributed by atoms with van der Waals surface area (Å²) in [6, 6.07) is 15.8. The van der Waals surface area contributed by atoms with E-state index in [1.54, 1.807) is 0 Å². The number of benzene rings is 2. The molecule has 1 aliphatic carbocycles. The molecule has 2 aromatic carbocycles. The van der Waals surface area contributed by atoms with Gasteiger partial charge in [-0.25, -0.2) is 13.6 Å². The molecule has 2 aromatic rings. The number of fused-ring (bicyclic) bond motifs is 3. The second-order valence-electron chi connectivity index (χ2n) is 6.34. The summed E-state index contributed by atoms with van der Waals surface area (Å²) < 4.78 is 30.4. The molecule has 0 fully saturated rings. The maximum absolute atomic E-state index is 12.6. The number of halogens is 2. The Labute approximate surface area is 144 Å². The normalized spacial score (nSPS) is 15.4. The molecular weight excluding hydrogens is 328 g/mol. The van der Waals surface area contributed by atoms with Crippen molar-refractivity contribution in [3.63, 3.8) is 0 Å². The first-order chi connectivity index (χ1) is 11.9. The molecule has 2 N–H and O–H groups in total. The van der Waals surface area contributed by atoms with E-state index in [1.165, 1.54) is 0 Å². The number of amides is 1. The van der Waals surface area contributed by atoms with E-state index in [0.29, 0.717) is 0 Å². The van der Waals surface area contributed by atoms with Gasteiger partial charge in [0.15, 0.2) is 0 Å². The van der Waals surface area contributed by atoms with E-state index in [0.717, 1.165) is 29.2 Å². The van der Waals surface area contributed by atoms with E-state index in [4.69, 9.17) is 4.74 Å². The fourth-order valence-corrected chi connectivity index (χ4v) is 2.98. The Balaban J connectivity index is 1.67. The van der Waals surface area contributed by atoms with Gasteiger partial charge in [0, 0.05) is 5.92 Å². The van der Waals surface area contributed by atoms with E-state index in [2.05, 4.69) is 5.32 Å². The van der Waals surface area contributed by atoms with Crippen LogP contribution in [-0.2, 0) is 4.74 Å². The molecule has 0 aliphatic heterocycles. The second-order valence-corrected chi connectivity index (χ2v) is 6.34. The molecule has 1 atom stereocenters. The van der Waals surface area contributed by atoms with Crippen LogP contribution in [0.25, 0.3) is 11.1 Å². The maximum Gasteiger partial charge on any atom is 0.407 e. The summed E-state index contributed by atoms with van der Waals surface area (Å²) in [5, 5.41) is 11.6. The molecule has 0 aromatic heterocycles. The highest BCUT2D eigenvalue weighted by Gasteiger charge is 2.33. The zero-order chi connectivity index (χ0) is 18.0. The molecule has 132 valence electrons. The number of rotatable bonds is 5. The maximum atomic E-state index is 12.6. The van der Waals surface area contributed by atoms with Crippen molar-refractivity contribution in [3.8, 4) is 11.1 Å². The molecular formula is C19H19F2NO3. The van der Waals surface area contributed by atoms with Gasteiger partial charge in [0.25, 0.3) is 6.43 Å². The molecule has 1 amide bonds. The van der Waals surface area contributed by atoms with Gasteiger partial charge < -0.3 is 15.2 Å². The van der Waals surface area contributed by atoms with Gasteiger partial charge in [0.05, 0.1) is 6.54 Å². The molecule has 1 aliphatic rings. The number of aliphatic hydroxyl groups is 1. The number of alkyl halides is 2. The van der Waals surface area contributed by atoms with Crippen LogP contribution >= 0.6 is 0 Å². The topological polar surface area (TPSA) is 58.6 Å². The fourth-order valence-electron chi connectivity index (χ4n) is 2.98. The highest BCUT2D eigenvalue weighted by atomic mass is 19.3. The quantitative estimate of drug-likeness (QED) is 0.870. The number of carbonyl (C=O) groups excluding carboxylic acids is 1. The summed E-state index contributed by atoms with van der Waals surface area (Å²) >= 11 is 0. The van der Waals surface area contributed by atoms with Crippen molar-refractivity contribution in [3.05, 3.63) is 59.7 Å². The average molecular weight is 347 g/mol. The Kier molecular flexibility index (Phi) is 4.72. The monoisotopic (exact) mass is 347 g/mol. The third-order valence-corrected chi connectivity index (χ3v) is 4.40. The van der Waals surface area contributed by atoms with Gasteiger partial charge >= 0.3 is 6.09 Å². The van der Waals surface area contributed by atoms with Gasteiger partial charge in [-0.05, 0) is 29.2 Å². The molecule has 0 spiro atoms. The lowest BCUT2D eigenvalue weighted by Gasteiger charge is -2.22. The van der Waals surface area contributed by atoms with Crippen LogP contribution in [0, 0.1) is 0 Å². The highest BCUT2D eigenvalue weighted by molar-refractivity contribution is 5.79. The lowest BCUT2D eigenvalue weighted by molar-refractivity contribution is -0.0800. The Bertz CT molecular complexity index is 731. The van der Waals surface area contributed by atoms with Crippen LogP contribution in [0.1, 0.15) is 24.0 Å². The lowest BCUT2D eigenvalue weighted by Crippen LogP contribution is -2.46. The minimum atomic E-state index is -2.96. The Morgan fingerprint density at radius 1 is 1.16 bits per heavy atom. The summed E-state index contributed by atoms with van der Waals surface area (Å²) in [4.78, 5) is 11.8. The first-order valence-corrected chi connectivity index (χ1v) is 7.99. The fraction of sp³-hybridized carbons (Fsp3) is 0.316. The Morgan fingerprint density at radius 2 is 1.68 bits per heavy atom. The third-order valence-electron chi connectivity index (χ3n) is 4.40. The van der Waals surface area contributed by atoms with Crippen molar-refractivity contribution in [2.45, 2.75) is 24.9 Å². The van der Waals surface area contributed by atoms with Crippen LogP contribution in [-0.4, -0.2) is 36.4 Å². The largest absolute Gasteiger partial charge is 0.449 e. The number of nitrogens with one attached hydrogen (secondary N) is 1. The number of carbonyl (C=O) groups is 1. The van der Waals surface area contributed by atoms with Crippen LogP contribution in [0.3, 0.4) is 0 Å². The molecule has 3 rings (SSSR count). The SMILES string of the molecule is CC(O)(CNC(=O)OCC1c2ccccc2-c2ccccc21)C(F)F. The number of hydrogen-bond donors (Lipinski definition) is 2. The zero-order valence-electron chi connectivity index (χ0n) is 13.7. The molecule has 6 heteroatoms. The molecule has 0 radical (unpaired) electrons. The predicted molar refractivity (Wildman–Crippen MR) is 89.7 cm³/mol. The number of alkyl carbamates (subject to hydrolysis) is 1. The minimum Gasteiger partial charge on any atom is -0.449 e. The van der Waals surface area contributed by atoms with Crippen molar-refractivity contribution < 1.29 is 23.4 Å². The van der Waals surface area contributed by atoms with E-state index >= 15 is 0 Å². The molecule has 1 unspecified atom stereocenters. The Morgan fingerprint density at radius 3 is 2.20 bits per heavy atom. The second kappa shape index (κ2) is 6.80. The van der Waals surface area contributed by atoms with Gasteiger partial charge in [-0.3, -0.25) is 0 Å². The van der Waals surface area contributed by atoms with Crippen LogP contribution in [0.2, 0.25) is 0 Å². The summed E-state index contributed by atoms with van der Waals surface area (Å²) in [7, 11) is 0. The van der Waals surface area contributed by atoms with E-state index in [-0.39, 0.29) is 12.5 Å². The molecule has 0 saturated carbocycles. The van der Waals surface area contributed by atoms with Crippen LogP contribution in [0.5, 0.6) is 0 Å². The van der Waals surface area contributed by atoms with E-state index < -0.39 is 24.7 Å². The van der Waals surface area contributed by atoms with Gasteiger partial charge in [0.1, 0.15) is 12.2 Å². The minimum absolute atomic E-state index is 0.0939. The van der Waals surface area contributed by atoms with Crippen molar-refractivity contribution >= 4 is 6.09 Å². The van der Waals surface area contributed by atoms with Crippen LogP contribution in [0.15, 0.2) is 48.5 Å².